The van der Waals surface area contributed by atoms with Crippen molar-refractivity contribution < 1.29 is 24.5 Å². The molecule has 5 nitrogen and oxygen atoms in total. The van der Waals surface area contributed by atoms with Gasteiger partial charge in [0.15, 0.2) is 21.3 Å². The predicted molar refractivity (Wildman–Crippen MR) is 137 cm³/mol. The Hall–Kier alpha value is -2.80. The van der Waals surface area contributed by atoms with Crippen LogP contribution in [0.2, 0.25) is 0 Å². The lowest BCUT2D eigenvalue weighted by Crippen LogP contribution is -2.67. The van der Waals surface area contributed by atoms with E-state index in [0.29, 0.717) is 44.3 Å². The van der Waals surface area contributed by atoms with Crippen LogP contribution in [-0.4, -0.2) is 39.6 Å². The molecule has 0 saturated heterocycles. The lowest BCUT2D eigenvalue weighted by atomic mass is 9.50. The van der Waals surface area contributed by atoms with Gasteiger partial charge in [-0.15, -0.1) is 0 Å². The summed E-state index contributed by atoms with van der Waals surface area (Å²) >= 11 is 0. The van der Waals surface area contributed by atoms with Gasteiger partial charge in [-0.3, -0.25) is 0 Å². The first-order valence-electron chi connectivity index (χ1n) is 12.6. The molecule has 0 amide bonds. The molecule has 4 bridgehead atoms. The Morgan fingerprint density at radius 1 is 0.750 bits per heavy atom. The van der Waals surface area contributed by atoms with Crippen molar-refractivity contribution >= 4 is 16.9 Å². The SMILES string of the molecule is O=C(COc1ccc([S+](c2ccccc2)c2ccccc2)cc1)OC12CC3CC(O)(CC(O)(C3)C1)C2. The normalized spacial score (nSPS) is 30.4. The monoisotopic (exact) mass is 503 g/mol. The quantitative estimate of drug-likeness (QED) is 0.354. The predicted octanol–water partition coefficient (Wildman–Crippen LogP) is 4.90. The van der Waals surface area contributed by atoms with Crippen molar-refractivity contribution in [1.29, 1.82) is 0 Å². The lowest BCUT2D eigenvalue weighted by molar-refractivity contribution is -0.261. The van der Waals surface area contributed by atoms with E-state index in [0.717, 1.165) is 4.90 Å². The van der Waals surface area contributed by atoms with E-state index in [1.165, 1.54) is 9.79 Å². The summed E-state index contributed by atoms with van der Waals surface area (Å²) < 4.78 is 11.7. The molecule has 2 atom stereocenters. The van der Waals surface area contributed by atoms with E-state index < -0.39 is 22.8 Å². The first-order chi connectivity index (χ1) is 17.3. The number of carbonyl (C=O) groups is 1. The fourth-order valence-electron chi connectivity index (χ4n) is 6.97. The first kappa shape index (κ1) is 23.6. The first-order valence-corrected chi connectivity index (χ1v) is 13.8. The minimum absolute atomic E-state index is 0.195. The number of hydrogen-bond donors (Lipinski definition) is 2. The maximum atomic E-state index is 12.7. The summed E-state index contributed by atoms with van der Waals surface area (Å²) in [6.07, 6.45) is 3.27. The van der Waals surface area contributed by atoms with Gasteiger partial charge in [-0.2, -0.15) is 0 Å². The average Bonchev–Trinajstić information content (AvgIpc) is 2.82. The topological polar surface area (TPSA) is 76.0 Å². The van der Waals surface area contributed by atoms with Crippen molar-refractivity contribution in [2.24, 2.45) is 5.92 Å². The largest absolute Gasteiger partial charge is 0.482 e. The highest BCUT2D eigenvalue weighted by Gasteiger charge is 2.64. The molecule has 186 valence electrons. The van der Waals surface area contributed by atoms with E-state index in [1.54, 1.807) is 0 Å². The van der Waals surface area contributed by atoms with Crippen molar-refractivity contribution in [3.05, 3.63) is 84.9 Å². The molecule has 4 aliphatic carbocycles. The van der Waals surface area contributed by atoms with Crippen molar-refractivity contribution in [1.82, 2.24) is 0 Å². The highest BCUT2D eigenvalue weighted by atomic mass is 32.2. The molecule has 3 aromatic carbocycles. The molecule has 4 fully saturated rings. The number of esters is 1. The molecule has 7 rings (SSSR count). The van der Waals surface area contributed by atoms with Crippen LogP contribution in [0.4, 0.5) is 0 Å². The molecule has 4 aliphatic rings. The second-order valence-corrected chi connectivity index (χ2v) is 12.8. The van der Waals surface area contributed by atoms with E-state index >= 15 is 0 Å². The maximum Gasteiger partial charge on any atom is 0.344 e. The summed E-state index contributed by atoms with van der Waals surface area (Å²) in [6, 6.07) is 28.8. The van der Waals surface area contributed by atoms with Crippen molar-refractivity contribution in [2.75, 3.05) is 6.61 Å². The van der Waals surface area contributed by atoms with Gasteiger partial charge in [0.2, 0.25) is 0 Å². The van der Waals surface area contributed by atoms with Crippen molar-refractivity contribution in [3.8, 4) is 5.75 Å². The zero-order chi connectivity index (χ0) is 24.8. The molecule has 6 heteroatoms. The third-order valence-electron chi connectivity index (χ3n) is 7.66. The molecule has 4 saturated carbocycles. The van der Waals surface area contributed by atoms with Gasteiger partial charge >= 0.3 is 5.97 Å². The second-order valence-electron chi connectivity index (χ2n) is 10.8. The van der Waals surface area contributed by atoms with Crippen LogP contribution in [-0.2, 0) is 20.4 Å². The Morgan fingerprint density at radius 3 is 1.81 bits per heavy atom. The number of benzene rings is 3. The van der Waals surface area contributed by atoms with Crippen LogP contribution in [0.25, 0.3) is 0 Å². The fraction of sp³-hybridized carbons (Fsp3) is 0.367. The van der Waals surface area contributed by atoms with Crippen LogP contribution in [0.1, 0.15) is 38.5 Å². The van der Waals surface area contributed by atoms with E-state index in [9.17, 15) is 15.0 Å². The number of hydrogen-bond acceptors (Lipinski definition) is 5. The van der Waals surface area contributed by atoms with Gasteiger partial charge in [0.25, 0.3) is 0 Å². The zero-order valence-electron chi connectivity index (χ0n) is 20.1. The number of aliphatic hydroxyl groups is 2. The van der Waals surface area contributed by atoms with Crippen molar-refractivity contribution in [3.63, 3.8) is 0 Å². The second kappa shape index (κ2) is 8.94. The van der Waals surface area contributed by atoms with Crippen LogP contribution < -0.4 is 4.74 Å². The molecular formula is C30H31O5S+. The number of rotatable bonds is 7. The van der Waals surface area contributed by atoms with Gasteiger partial charge in [0.05, 0.1) is 22.1 Å². The summed E-state index contributed by atoms with van der Waals surface area (Å²) in [4.78, 5) is 16.4. The minimum Gasteiger partial charge on any atom is -0.482 e. The summed E-state index contributed by atoms with van der Waals surface area (Å²) in [6.45, 7) is -0.203. The Labute approximate surface area is 214 Å². The van der Waals surface area contributed by atoms with Crippen LogP contribution in [0, 0.1) is 5.92 Å². The number of ether oxygens (including phenoxy) is 2. The Morgan fingerprint density at radius 2 is 1.28 bits per heavy atom. The average molecular weight is 504 g/mol. The third kappa shape index (κ3) is 4.65. The molecule has 0 radical (unpaired) electrons. The molecule has 0 heterocycles. The van der Waals surface area contributed by atoms with Crippen LogP contribution in [0.5, 0.6) is 5.75 Å². The lowest BCUT2D eigenvalue weighted by Gasteiger charge is -2.62. The van der Waals surface area contributed by atoms with Crippen LogP contribution in [0.3, 0.4) is 0 Å². The van der Waals surface area contributed by atoms with Gasteiger partial charge in [0.1, 0.15) is 11.4 Å². The molecular weight excluding hydrogens is 472 g/mol. The molecule has 2 unspecified atom stereocenters. The van der Waals surface area contributed by atoms with E-state index in [1.807, 2.05) is 36.4 Å². The van der Waals surface area contributed by atoms with E-state index in [-0.39, 0.29) is 23.4 Å². The Balaban J connectivity index is 1.13. The minimum atomic E-state index is -0.931. The molecule has 0 spiro atoms. The van der Waals surface area contributed by atoms with E-state index in [4.69, 9.17) is 9.47 Å². The highest BCUT2D eigenvalue weighted by Crippen LogP contribution is 2.60. The van der Waals surface area contributed by atoms with Gasteiger partial charge < -0.3 is 19.7 Å². The van der Waals surface area contributed by atoms with E-state index in [2.05, 4.69) is 48.5 Å². The van der Waals surface area contributed by atoms with Crippen LogP contribution in [0.15, 0.2) is 99.6 Å². The molecule has 0 aromatic heterocycles. The molecule has 36 heavy (non-hydrogen) atoms. The third-order valence-corrected chi connectivity index (χ3v) is 9.89. The number of carbonyl (C=O) groups excluding carboxylic acids is 1. The van der Waals surface area contributed by atoms with Gasteiger partial charge in [-0.05, 0) is 73.7 Å². The summed E-state index contributed by atoms with van der Waals surface area (Å²) in [7, 11) is -0.246. The summed E-state index contributed by atoms with van der Waals surface area (Å²) in [5.41, 5.74) is -2.65. The zero-order valence-corrected chi connectivity index (χ0v) is 21.0. The van der Waals surface area contributed by atoms with Gasteiger partial charge in [-0.1, -0.05) is 36.4 Å². The van der Waals surface area contributed by atoms with Crippen molar-refractivity contribution in [2.45, 2.75) is 70.0 Å². The molecule has 3 aromatic rings. The van der Waals surface area contributed by atoms with Gasteiger partial charge in [0, 0.05) is 19.3 Å². The maximum absolute atomic E-state index is 12.7. The standard InChI is InChI=1S/C30H31O5S/c31-27(35-30-17-22-15-28(32,20-30)19-29(33,16-22)21-30)18-34-23-11-13-26(14-12-23)36(24-7-3-1-4-8-24)25-9-5-2-6-10-25/h1-14,22,32-33H,15-21H2/q+1. The molecule has 2 N–H and O–H groups in total. The summed E-state index contributed by atoms with van der Waals surface area (Å²) in [5.74, 6) is 0.338. The Kier molecular flexibility index (Phi) is 5.86. The molecule has 0 aliphatic heterocycles. The smallest absolute Gasteiger partial charge is 0.344 e. The van der Waals surface area contributed by atoms with Gasteiger partial charge in [-0.25, -0.2) is 4.79 Å². The Bertz CT molecular complexity index is 1170. The summed E-state index contributed by atoms with van der Waals surface area (Å²) in [5, 5.41) is 21.8. The van der Waals surface area contributed by atoms with Crippen LogP contribution >= 0.6 is 0 Å². The highest BCUT2D eigenvalue weighted by molar-refractivity contribution is 7.97. The fourth-order valence-corrected chi connectivity index (χ4v) is 9.05.